The van der Waals surface area contributed by atoms with Crippen molar-refractivity contribution in [3.05, 3.63) is 65.2 Å². The first-order chi connectivity index (χ1) is 14.9. The van der Waals surface area contributed by atoms with Crippen LogP contribution < -0.4 is 10.1 Å². The quantitative estimate of drug-likeness (QED) is 0.270. The van der Waals surface area contributed by atoms with Crippen molar-refractivity contribution in [2.75, 3.05) is 34.0 Å². The van der Waals surface area contributed by atoms with E-state index in [1.807, 2.05) is 24.3 Å². The molecule has 1 N–H and O–H groups in total. The first kappa shape index (κ1) is 24.7. The lowest BCUT2D eigenvalue weighted by atomic mass is 10.0. The number of nitrogens with one attached hydrogen (secondary N) is 1. The molecule has 170 valence electrons. The van der Waals surface area contributed by atoms with E-state index < -0.39 is 11.7 Å². The highest BCUT2D eigenvalue weighted by Crippen LogP contribution is 2.29. The molecule has 2 aromatic carbocycles. The summed E-state index contributed by atoms with van der Waals surface area (Å²) in [6, 6.07) is 12.8. The molecule has 0 heterocycles. The first-order valence-electron chi connectivity index (χ1n) is 10.1. The number of hydrogen-bond donors (Lipinski definition) is 1. The van der Waals surface area contributed by atoms with Crippen molar-refractivity contribution < 1.29 is 27.5 Å². The van der Waals surface area contributed by atoms with Gasteiger partial charge in [-0.3, -0.25) is 0 Å². The normalized spacial score (nSPS) is 12.1. The van der Waals surface area contributed by atoms with Gasteiger partial charge in [-0.2, -0.15) is 13.2 Å². The standard InChI is InChI=1S/C23H29F3N2O3/c1-29-15-4-3-5-22(19-8-10-20(11-9-19)23(24,25)26)28-31-16-14-27-17-18-6-12-21(30-2)13-7-18/h6-13,27H,3-5,14-17H2,1-2H3/b28-22+. The van der Waals surface area contributed by atoms with Crippen LogP contribution in [0.25, 0.3) is 0 Å². The SMILES string of the molecule is COCCCC/C(=N\OCCNCc1ccc(OC)cc1)c1ccc(C(F)(F)F)cc1. The zero-order chi connectivity index (χ0) is 22.5. The van der Waals surface area contributed by atoms with E-state index in [4.69, 9.17) is 14.3 Å². The number of oxime groups is 1. The van der Waals surface area contributed by atoms with Gasteiger partial charge >= 0.3 is 6.18 Å². The zero-order valence-corrected chi connectivity index (χ0v) is 17.9. The summed E-state index contributed by atoms with van der Waals surface area (Å²) >= 11 is 0. The van der Waals surface area contributed by atoms with Gasteiger partial charge in [-0.05, 0) is 54.7 Å². The number of halogens is 3. The molecule has 0 radical (unpaired) electrons. The number of nitrogens with zero attached hydrogens (tertiary/aromatic N) is 1. The summed E-state index contributed by atoms with van der Waals surface area (Å²) in [5, 5.41) is 7.45. The minimum Gasteiger partial charge on any atom is -0.497 e. The fraction of sp³-hybridized carbons (Fsp3) is 0.435. The van der Waals surface area contributed by atoms with Crippen molar-refractivity contribution in [2.24, 2.45) is 5.16 Å². The molecular formula is C23H29F3N2O3. The fourth-order valence-corrected chi connectivity index (χ4v) is 2.85. The van der Waals surface area contributed by atoms with Gasteiger partial charge in [0.1, 0.15) is 12.4 Å². The van der Waals surface area contributed by atoms with Gasteiger partial charge in [0.25, 0.3) is 0 Å². The molecule has 0 spiro atoms. The van der Waals surface area contributed by atoms with Crippen LogP contribution >= 0.6 is 0 Å². The Hall–Kier alpha value is -2.58. The van der Waals surface area contributed by atoms with Crippen molar-refractivity contribution in [2.45, 2.75) is 32.0 Å². The van der Waals surface area contributed by atoms with Gasteiger partial charge in [0.05, 0.1) is 18.4 Å². The second kappa shape index (κ2) is 13.0. The average Bonchev–Trinajstić information content (AvgIpc) is 2.77. The van der Waals surface area contributed by atoms with Gasteiger partial charge < -0.3 is 19.6 Å². The Labute approximate surface area is 181 Å². The summed E-state index contributed by atoms with van der Waals surface area (Å²) in [7, 11) is 3.26. The topological polar surface area (TPSA) is 52.1 Å². The van der Waals surface area contributed by atoms with Crippen LogP contribution in [-0.4, -0.2) is 39.7 Å². The summed E-state index contributed by atoms with van der Waals surface area (Å²) in [5.41, 5.74) is 1.68. The molecule has 31 heavy (non-hydrogen) atoms. The van der Waals surface area contributed by atoms with Gasteiger partial charge in [0.2, 0.25) is 0 Å². The van der Waals surface area contributed by atoms with E-state index in [9.17, 15) is 13.2 Å². The number of hydrogen-bond acceptors (Lipinski definition) is 5. The molecule has 8 heteroatoms. The van der Waals surface area contributed by atoms with Crippen molar-refractivity contribution in [1.82, 2.24) is 5.32 Å². The lowest BCUT2D eigenvalue weighted by Gasteiger charge is -2.10. The third-order valence-corrected chi connectivity index (χ3v) is 4.59. The molecule has 0 saturated carbocycles. The number of ether oxygens (including phenoxy) is 2. The molecule has 0 atom stereocenters. The molecule has 0 bridgehead atoms. The number of methoxy groups -OCH3 is 2. The van der Waals surface area contributed by atoms with Crippen molar-refractivity contribution in [3.8, 4) is 5.75 Å². The molecule has 0 unspecified atom stereocenters. The molecule has 2 aromatic rings. The lowest BCUT2D eigenvalue weighted by Crippen LogP contribution is -2.18. The van der Waals surface area contributed by atoms with E-state index in [1.165, 1.54) is 12.1 Å². The maximum Gasteiger partial charge on any atom is 0.416 e. The average molecular weight is 438 g/mol. The predicted octanol–water partition coefficient (Wildman–Crippen LogP) is 5.04. The Morgan fingerprint density at radius 2 is 1.65 bits per heavy atom. The third-order valence-electron chi connectivity index (χ3n) is 4.59. The van der Waals surface area contributed by atoms with Crippen LogP contribution in [0, 0.1) is 0 Å². The van der Waals surface area contributed by atoms with Crippen molar-refractivity contribution >= 4 is 5.71 Å². The largest absolute Gasteiger partial charge is 0.497 e. The second-order valence-corrected chi connectivity index (χ2v) is 6.92. The van der Waals surface area contributed by atoms with E-state index in [-0.39, 0.29) is 0 Å². The molecule has 0 amide bonds. The van der Waals surface area contributed by atoms with E-state index in [0.29, 0.717) is 44.0 Å². The molecule has 0 aliphatic heterocycles. The maximum atomic E-state index is 12.8. The van der Waals surface area contributed by atoms with Gasteiger partial charge in [0.15, 0.2) is 0 Å². The highest BCUT2D eigenvalue weighted by molar-refractivity contribution is 6.00. The Kier molecular flexibility index (Phi) is 10.3. The lowest BCUT2D eigenvalue weighted by molar-refractivity contribution is -0.137. The summed E-state index contributed by atoms with van der Waals surface area (Å²) in [6.07, 6.45) is -2.14. The maximum absolute atomic E-state index is 12.8. The Balaban J connectivity index is 1.86. The highest BCUT2D eigenvalue weighted by Gasteiger charge is 2.30. The van der Waals surface area contributed by atoms with Gasteiger partial charge in [-0.15, -0.1) is 0 Å². The molecule has 0 aromatic heterocycles. The van der Waals surface area contributed by atoms with Gasteiger partial charge in [-0.1, -0.05) is 29.4 Å². The van der Waals surface area contributed by atoms with E-state index in [1.54, 1.807) is 14.2 Å². The van der Waals surface area contributed by atoms with E-state index in [2.05, 4.69) is 10.5 Å². The van der Waals surface area contributed by atoms with Gasteiger partial charge in [0, 0.05) is 26.8 Å². The summed E-state index contributed by atoms with van der Waals surface area (Å²) in [4.78, 5) is 5.43. The van der Waals surface area contributed by atoms with Crippen LogP contribution in [0.15, 0.2) is 53.7 Å². The molecular weight excluding hydrogens is 409 g/mol. The monoisotopic (exact) mass is 438 g/mol. The Morgan fingerprint density at radius 1 is 0.935 bits per heavy atom. The highest BCUT2D eigenvalue weighted by atomic mass is 19.4. The first-order valence-corrected chi connectivity index (χ1v) is 10.1. The number of alkyl halides is 3. The van der Waals surface area contributed by atoms with Crippen molar-refractivity contribution in [1.29, 1.82) is 0 Å². The van der Waals surface area contributed by atoms with Crippen LogP contribution in [0.3, 0.4) is 0 Å². The molecule has 0 aliphatic carbocycles. The smallest absolute Gasteiger partial charge is 0.416 e. The van der Waals surface area contributed by atoms with Crippen LogP contribution in [-0.2, 0) is 22.3 Å². The van der Waals surface area contributed by atoms with E-state index >= 15 is 0 Å². The number of rotatable bonds is 13. The summed E-state index contributed by atoms with van der Waals surface area (Å²) < 4.78 is 48.6. The number of benzene rings is 2. The molecule has 0 aliphatic rings. The Bertz CT molecular complexity index is 791. The Morgan fingerprint density at radius 3 is 2.26 bits per heavy atom. The predicted molar refractivity (Wildman–Crippen MR) is 114 cm³/mol. The van der Waals surface area contributed by atoms with Crippen LogP contribution in [0.5, 0.6) is 5.75 Å². The zero-order valence-electron chi connectivity index (χ0n) is 17.9. The molecule has 0 saturated heterocycles. The van der Waals surface area contributed by atoms with Crippen molar-refractivity contribution in [3.63, 3.8) is 0 Å². The minimum atomic E-state index is -4.36. The van der Waals surface area contributed by atoms with Crippen LogP contribution in [0.1, 0.15) is 36.0 Å². The molecule has 0 fully saturated rings. The fourth-order valence-electron chi connectivity index (χ4n) is 2.85. The minimum absolute atomic E-state index is 0.346. The molecule has 5 nitrogen and oxygen atoms in total. The third kappa shape index (κ3) is 8.98. The van der Waals surface area contributed by atoms with Crippen LogP contribution in [0.2, 0.25) is 0 Å². The van der Waals surface area contributed by atoms with Gasteiger partial charge in [-0.25, -0.2) is 0 Å². The number of unbranched alkanes of at least 4 members (excludes halogenated alkanes) is 1. The molecule has 2 rings (SSSR count). The van der Waals surface area contributed by atoms with Crippen LogP contribution in [0.4, 0.5) is 13.2 Å². The summed E-state index contributed by atoms with van der Waals surface area (Å²) in [6.45, 7) is 2.23. The second-order valence-electron chi connectivity index (χ2n) is 6.92. The summed E-state index contributed by atoms with van der Waals surface area (Å²) in [5.74, 6) is 0.808. The van der Waals surface area contributed by atoms with E-state index in [0.717, 1.165) is 36.3 Å².